The van der Waals surface area contributed by atoms with E-state index in [1.54, 1.807) is 20.8 Å². The zero-order valence-electron chi connectivity index (χ0n) is 14.1. The molecule has 138 valence electrons. The van der Waals surface area contributed by atoms with Gasteiger partial charge in [0, 0.05) is 0 Å². The third-order valence-electron chi connectivity index (χ3n) is 2.83. The maximum Gasteiger partial charge on any atom is 0.310 e. The lowest BCUT2D eigenvalue weighted by molar-refractivity contribution is -0.381. The number of hydrogen-bond acceptors (Lipinski definition) is 9. The largest absolute Gasteiger partial charge is 0.466 e. The molecule has 1 fully saturated rings. The van der Waals surface area contributed by atoms with Crippen LogP contribution in [0.5, 0.6) is 0 Å². The van der Waals surface area contributed by atoms with Gasteiger partial charge < -0.3 is 28.4 Å². The van der Waals surface area contributed by atoms with Crippen LogP contribution in [-0.4, -0.2) is 56.6 Å². The molecule has 0 N–H and O–H groups in total. The van der Waals surface area contributed by atoms with Gasteiger partial charge in [-0.1, -0.05) is 0 Å². The molecule has 0 atom stereocenters. The summed E-state index contributed by atoms with van der Waals surface area (Å²) in [5.74, 6) is -1.56. The predicted octanol–water partition coefficient (Wildman–Crippen LogP) is 0.888. The highest BCUT2D eigenvalue weighted by atomic mass is 16.9. The topological polar surface area (TPSA) is 107 Å². The SMILES string of the molecule is CCOC(=O)CC1OC(CC(=O)OCC)OC(CC(=O)OCC)O1. The van der Waals surface area contributed by atoms with Crippen molar-refractivity contribution in [1.29, 1.82) is 0 Å². The van der Waals surface area contributed by atoms with Crippen LogP contribution in [0, 0.1) is 0 Å². The van der Waals surface area contributed by atoms with Crippen molar-refractivity contribution < 1.29 is 42.8 Å². The highest BCUT2D eigenvalue weighted by Crippen LogP contribution is 2.23. The average Bonchev–Trinajstić information content (AvgIpc) is 2.47. The van der Waals surface area contributed by atoms with E-state index < -0.39 is 36.8 Å². The van der Waals surface area contributed by atoms with Gasteiger partial charge in [0.05, 0.1) is 39.1 Å². The molecule has 1 rings (SSSR count). The number of carbonyl (C=O) groups excluding carboxylic acids is 3. The van der Waals surface area contributed by atoms with Crippen LogP contribution in [0.3, 0.4) is 0 Å². The first-order chi connectivity index (χ1) is 11.5. The fourth-order valence-corrected chi connectivity index (χ4v) is 1.96. The second-order valence-electron chi connectivity index (χ2n) is 4.72. The normalized spacial score (nSPS) is 23.4. The number of ether oxygens (including phenoxy) is 6. The monoisotopic (exact) mass is 348 g/mol. The van der Waals surface area contributed by atoms with Gasteiger partial charge in [0.1, 0.15) is 0 Å². The lowest BCUT2D eigenvalue weighted by Gasteiger charge is -2.34. The van der Waals surface area contributed by atoms with E-state index in [0.717, 1.165) is 0 Å². The lowest BCUT2D eigenvalue weighted by atomic mass is 10.3. The maximum absolute atomic E-state index is 11.6. The Hall–Kier alpha value is -1.71. The summed E-state index contributed by atoms with van der Waals surface area (Å²) in [6.45, 7) is 5.70. The summed E-state index contributed by atoms with van der Waals surface area (Å²) in [7, 11) is 0. The second-order valence-corrected chi connectivity index (χ2v) is 4.72. The van der Waals surface area contributed by atoms with Gasteiger partial charge in [-0.3, -0.25) is 14.4 Å². The molecular formula is C15H24O9. The van der Waals surface area contributed by atoms with Gasteiger partial charge in [-0.05, 0) is 20.8 Å². The zero-order valence-corrected chi connectivity index (χ0v) is 14.1. The molecule has 0 aliphatic carbocycles. The minimum atomic E-state index is -0.989. The molecule has 0 aromatic carbocycles. The van der Waals surface area contributed by atoms with Crippen molar-refractivity contribution in [3.05, 3.63) is 0 Å². The van der Waals surface area contributed by atoms with Gasteiger partial charge in [-0.25, -0.2) is 0 Å². The summed E-state index contributed by atoms with van der Waals surface area (Å²) < 4.78 is 30.7. The molecule has 9 heteroatoms. The van der Waals surface area contributed by atoms with Crippen LogP contribution in [0.1, 0.15) is 40.0 Å². The molecule has 1 heterocycles. The number of rotatable bonds is 9. The first-order valence-electron chi connectivity index (χ1n) is 7.91. The molecule has 0 unspecified atom stereocenters. The van der Waals surface area contributed by atoms with Gasteiger partial charge in [-0.2, -0.15) is 0 Å². The fourth-order valence-electron chi connectivity index (χ4n) is 1.96. The Morgan fingerprint density at radius 1 is 0.625 bits per heavy atom. The second kappa shape index (κ2) is 11.0. The molecular weight excluding hydrogens is 324 g/mol. The maximum atomic E-state index is 11.6. The summed E-state index contributed by atoms with van der Waals surface area (Å²) in [4.78, 5) is 34.7. The molecule has 0 spiro atoms. The molecule has 0 aromatic rings. The smallest absolute Gasteiger partial charge is 0.310 e. The third-order valence-corrected chi connectivity index (χ3v) is 2.83. The van der Waals surface area contributed by atoms with Crippen molar-refractivity contribution in [3.8, 4) is 0 Å². The van der Waals surface area contributed by atoms with Gasteiger partial charge in [-0.15, -0.1) is 0 Å². The fraction of sp³-hybridized carbons (Fsp3) is 0.800. The summed E-state index contributed by atoms with van der Waals surface area (Å²) in [5.41, 5.74) is 0. The molecule has 0 amide bonds. The standard InChI is InChI=1S/C15H24O9/c1-4-19-10(16)7-13-22-14(8-11(17)20-5-2)24-15(23-13)9-12(18)21-6-3/h13-15H,4-9H2,1-3H3. The van der Waals surface area contributed by atoms with E-state index in [9.17, 15) is 14.4 Å². The molecule has 0 bridgehead atoms. The van der Waals surface area contributed by atoms with E-state index >= 15 is 0 Å². The average molecular weight is 348 g/mol. The van der Waals surface area contributed by atoms with E-state index in [0.29, 0.717) is 0 Å². The van der Waals surface area contributed by atoms with E-state index in [4.69, 9.17) is 28.4 Å². The molecule has 9 nitrogen and oxygen atoms in total. The Kier molecular flexibility index (Phi) is 9.28. The highest BCUT2D eigenvalue weighted by molar-refractivity contribution is 5.71. The van der Waals surface area contributed by atoms with Gasteiger partial charge in [0.15, 0.2) is 18.9 Å². The minimum absolute atomic E-state index is 0.185. The highest BCUT2D eigenvalue weighted by Gasteiger charge is 2.35. The van der Waals surface area contributed by atoms with Gasteiger partial charge in [0.25, 0.3) is 0 Å². The van der Waals surface area contributed by atoms with E-state index in [1.807, 2.05) is 0 Å². The zero-order chi connectivity index (χ0) is 17.9. The molecule has 0 saturated carbocycles. The quantitative estimate of drug-likeness (QED) is 0.443. The van der Waals surface area contributed by atoms with Crippen molar-refractivity contribution in [3.63, 3.8) is 0 Å². The summed E-state index contributed by atoms with van der Waals surface area (Å²) in [6.07, 6.45) is -3.52. The Labute approximate surface area is 140 Å². The van der Waals surface area contributed by atoms with Crippen LogP contribution in [0.2, 0.25) is 0 Å². The van der Waals surface area contributed by atoms with Crippen LogP contribution >= 0.6 is 0 Å². The summed E-state index contributed by atoms with van der Waals surface area (Å²) in [6, 6.07) is 0. The van der Waals surface area contributed by atoms with Crippen molar-refractivity contribution in [1.82, 2.24) is 0 Å². The van der Waals surface area contributed by atoms with Crippen molar-refractivity contribution in [2.45, 2.75) is 58.9 Å². The van der Waals surface area contributed by atoms with E-state index in [-0.39, 0.29) is 39.1 Å². The van der Waals surface area contributed by atoms with Gasteiger partial charge in [0.2, 0.25) is 0 Å². The van der Waals surface area contributed by atoms with Crippen LogP contribution in [0.4, 0.5) is 0 Å². The number of esters is 3. The van der Waals surface area contributed by atoms with E-state index in [1.165, 1.54) is 0 Å². The Balaban J connectivity index is 2.64. The van der Waals surface area contributed by atoms with Crippen LogP contribution in [0.25, 0.3) is 0 Å². The first kappa shape index (κ1) is 20.3. The molecule has 24 heavy (non-hydrogen) atoms. The predicted molar refractivity (Wildman–Crippen MR) is 78.4 cm³/mol. The van der Waals surface area contributed by atoms with Crippen molar-refractivity contribution >= 4 is 17.9 Å². The first-order valence-corrected chi connectivity index (χ1v) is 7.91. The summed E-state index contributed by atoms with van der Waals surface area (Å²) in [5, 5.41) is 0. The van der Waals surface area contributed by atoms with Crippen LogP contribution in [0.15, 0.2) is 0 Å². The number of hydrogen-bond donors (Lipinski definition) is 0. The van der Waals surface area contributed by atoms with E-state index in [2.05, 4.69) is 0 Å². The molecule has 0 radical (unpaired) electrons. The Bertz CT molecular complexity index is 355. The Morgan fingerprint density at radius 2 is 0.875 bits per heavy atom. The molecule has 1 aliphatic heterocycles. The minimum Gasteiger partial charge on any atom is -0.466 e. The molecule has 1 aliphatic rings. The molecule has 1 saturated heterocycles. The van der Waals surface area contributed by atoms with Crippen LogP contribution < -0.4 is 0 Å². The van der Waals surface area contributed by atoms with Crippen molar-refractivity contribution in [2.75, 3.05) is 19.8 Å². The third kappa shape index (κ3) is 7.71. The lowest BCUT2D eigenvalue weighted by Crippen LogP contribution is -2.43. The van der Waals surface area contributed by atoms with Gasteiger partial charge >= 0.3 is 17.9 Å². The summed E-state index contributed by atoms with van der Waals surface area (Å²) >= 11 is 0. The molecule has 0 aromatic heterocycles. The number of carbonyl (C=O) groups is 3. The van der Waals surface area contributed by atoms with Crippen molar-refractivity contribution in [2.24, 2.45) is 0 Å². The van der Waals surface area contributed by atoms with Crippen LogP contribution in [-0.2, 0) is 42.8 Å². The Morgan fingerprint density at radius 3 is 1.08 bits per heavy atom.